The van der Waals surface area contributed by atoms with E-state index in [1.54, 1.807) is 0 Å². The molecule has 0 aromatic carbocycles. The van der Waals surface area contributed by atoms with Crippen LogP contribution in [0.3, 0.4) is 0 Å². The van der Waals surface area contributed by atoms with Gasteiger partial charge in [-0.1, -0.05) is 6.07 Å². The van der Waals surface area contributed by atoms with Crippen molar-refractivity contribution in [3.63, 3.8) is 0 Å². The monoisotopic (exact) mass is 399 g/mol. The standard InChI is InChI=1S/C21H29N5O3/c1-21(2,3)26-19-12-17(25-26)14-7-8-16(11-14)29-20(27)22-9-10-28-13-15-5-4-6-18(23-15)24-19/h4-6,12,14,16H,7-11,13H2,1-3H3,(H,22,27)(H,23,24)/t14-,16+/m0/s1. The second-order valence-electron chi connectivity index (χ2n) is 8.69. The van der Waals surface area contributed by atoms with Crippen LogP contribution in [0.4, 0.5) is 16.4 Å². The van der Waals surface area contributed by atoms with E-state index in [2.05, 4.69) is 42.5 Å². The Balaban J connectivity index is 1.66. The Kier molecular flexibility index (Phi) is 5.45. The van der Waals surface area contributed by atoms with Gasteiger partial charge in [0.15, 0.2) is 0 Å². The third-order valence-corrected chi connectivity index (χ3v) is 5.27. The molecule has 8 nitrogen and oxygen atoms in total. The molecule has 4 rings (SSSR count). The molecular weight excluding hydrogens is 370 g/mol. The molecule has 1 aliphatic carbocycles. The Morgan fingerprint density at radius 2 is 2.10 bits per heavy atom. The van der Waals surface area contributed by atoms with E-state index in [0.717, 1.165) is 42.3 Å². The molecule has 156 valence electrons. The number of carbonyl (C=O) groups is 1. The lowest BCUT2D eigenvalue weighted by Gasteiger charge is -2.22. The quantitative estimate of drug-likeness (QED) is 0.702. The maximum Gasteiger partial charge on any atom is 0.407 e. The predicted octanol–water partition coefficient (Wildman–Crippen LogP) is 3.67. The molecule has 8 heteroatoms. The van der Waals surface area contributed by atoms with Crippen LogP contribution in [0, 0.1) is 0 Å². The van der Waals surface area contributed by atoms with E-state index in [9.17, 15) is 4.79 Å². The van der Waals surface area contributed by atoms with Crippen molar-refractivity contribution < 1.29 is 14.3 Å². The van der Waals surface area contributed by atoms with Gasteiger partial charge in [0.25, 0.3) is 0 Å². The molecule has 3 heterocycles. The molecule has 6 bridgehead atoms. The van der Waals surface area contributed by atoms with E-state index >= 15 is 0 Å². The Bertz CT molecular complexity index is 873. The number of ether oxygens (including phenoxy) is 2. The fourth-order valence-corrected chi connectivity index (χ4v) is 3.87. The average Bonchev–Trinajstić information content (AvgIpc) is 3.28. The van der Waals surface area contributed by atoms with Gasteiger partial charge in [0, 0.05) is 18.5 Å². The van der Waals surface area contributed by atoms with E-state index in [-0.39, 0.29) is 23.7 Å². The highest BCUT2D eigenvalue weighted by Gasteiger charge is 2.32. The Morgan fingerprint density at radius 3 is 2.93 bits per heavy atom. The first-order chi connectivity index (χ1) is 13.9. The minimum absolute atomic E-state index is 0.0792. The van der Waals surface area contributed by atoms with E-state index in [0.29, 0.717) is 19.8 Å². The Hall–Kier alpha value is -2.61. The van der Waals surface area contributed by atoms with Crippen molar-refractivity contribution in [3.8, 4) is 0 Å². The summed E-state index contributed by atoms with van der Waals surface area (Å²) in [7, 11) is 0. The van der Waals surface area contributed by atoms with Gasteiger partial charge in [-0.25, -0.2) is 14.5 Å². The highest BCUT2D eigenvalue weighted by atomic mass is 16.6. The van der Waals surface area contributed by atoms with Crippen molar-refractivity contribution in [2.24, 2.45) is 0 Å². The number of nitrogens with zero attached hydrogens (tertiary/aromatic N) is 3. The first kappa shape index (κ1) is 19.7. The van der Waals surface area contributed by atoms with E-state index < -0.39 is 0 Å². The Labute approximate surface area is 171 Å². The maximum atomic E-state index is 12.0. The van der Waals surface area contributed by atoms with Crippen molar-refractivity contribution in [1.29, 1.82) is 0 Å². The van der Waals surface area contributed by atoms with Crippen molar-refractivity contribution >= 4 is 17.7 Å². The van der Waals surface area contributed by atoms with Gasteiger partial charge in [0.05, 0.1) is 30.1 Å². The second-order valence-corrected chi connectivity index (χ2v) is 8.69. The number of rotatable bonds is 0. The smallest absolute Gasteiger partial charge is 0.407 e. The summed E-state index contributed by atoms with van der Waals surface area (Å²) in [5, 5.41) is 11.1. The molecule has 1 fully saturated rings. The maximum absolute atomic E-state index is 12.0. The Morgan fingerprint density at radius 1 is 1.24 bits per heavy atom. The zero-order valence-corrected chi connectivity index (χ0v) is 17.3. The summed E-state index contributed by atoms with van der Waals surface area (Å²) in [5.41, 5.74) is 1.66. The molecule has 0 saturated heterocycles. The summed E-state index contributed by atoms with van der Waals surface area (Å²) < 4.78 is 13.2. The SMILES string of the molecule is CC(C)(C)n1nc2cc1Nc1cccc(n1)COCCNC(=O)O[C@@H]1CC[C@H]2C1. The van der Waals surface area contributed by atoms with Crippen molar-refractivity contribution in [2.45, 2.75) is 64.2 Å². The third-order valence-electron chi connectivity index (χ3n) is 5.27. The topological polar surface area (TPSA) is 90.3 Å². The molecular formula is C21H29N5O3. The van der Waals surface area contributed by atoms with Crippen LogP contribution in [0.5, 0.6) is 0 Å². The summed E-state index contributed by atoms with van der Waals surface area (Å²) in [6.07, 6.45) is 2.13. The zero-order valence-electron chi connectivity index (χ0n) is 17.3. The number of nitrogens with one attached hydrogen (secondary N) is 2. The molecule has 0 radical (unpaired) electrons. The van der Waals surface area contributed by atoms with Gasteiger partial charge in [-0.2, -0.15) is 5.10 Å². The lowest BCUT2D eigenvalue weighted by Crippen LogP contribution is -2.30. The molecule has 1 amide bonds. The van der Waals surface area contributed by atoms with Crippen LogP contribution >= 0.6 is 0 Å². The molecule has 1 saturated carbocycles. The fourth-order valence-electron chi connectivity index (χ4n) is 3.87. The van der Waals surface area contributed by atoms with Crippen LogP contribution in [0.1, 0.15) is 57.3 Å². The molecule has 2 aromatic heterocycles. The molecule has 1 aliphatic heterocycles. The van der Waals surface area contributed by atoms with Crippen LogP contribution < -0.4 is 10.6 Å². The van der Waals surface area contributed by atoms with Crippen molar-refractivity contribution in [3.05, 3.63) is 35.7 Å². The lowest BCUT2D eigenvalue weighted by molar-refractivity contribution is 0.0897. The minimum Gasteiger partial charge on any atom is -0.446 e. The van der Waals surface area contributed by atoms with Gasteiger partial charge in [-0.15, -0.1) is 0 Å². The summed E-state index contributed by atoms with van der Waals surface area (Å²) in [4.78, 5) is 16.7. The van der Waals surface area contributed by atoms with Crippen LogP contribution in [-0.2, 0) is 21.6 Å². The third kappa shape index (κ3) is 4.70. The van der Waals surface area contributed by atoms with Gasteiger partial charge >= 0.3 is 6.09 Å². The molecule has 2 aliphatic rings. The van der Waals surface area contributed by atoms with Crippen LogP contribution in [-0.4, -0.2) is 40.1 Å². The zero-order chi connectivity index (χ0) is 20.4. The van der Waals surface area contributed by atoms with Gasteiger partial charge < -0.3 is 20.1 Å². The molecule has 2 aromatic rings. The number of alkyl carbamates (subject to hydrolysis) is 1. The predicted molar refractivity (Wildman–Crippen MR) is 109 cm³/mol. The largest absolute Gasteiger partial charge is 0.446 e. The van der Waals surface area contributed by atoms with E-state index in [1.165, 1.54) is 0 Å². The van der Waals surface area contributed by atoms with Crippen molar-refractivity contribution in [2.75, 3.05) is 18.5 Å². The van der Waals surface area contributed by atoms with E-state index in [1.807, 2.05) is 22.9 Å². The number of hydrogen-bond donors (Lipinski definition) is 2. The van der Waals surface area contributed by atoms with Crippen LogP contribution in [0.25, 0.3) is 0 Å². The number of fused-ring (bicyclic) bond motifs is 7. The summed E-state index contributed by atoms with van der Waals surface area (Å²) in [6.45, 7) is 7.57. The lowest BCUT2D eigenvalue weighted by atomic mass is 10.0. The van der Waals surface area contributed by atoms with Crippen molar-refractivity contribution in [1.82, 2.24) is 20.1 Å². The number of pyridine rings is 1. The number of aromatic nitrogens is 3. The molecule has 2 atom stereocenters. The van der Waals surface area contributed by atoms with Crippen LogP contribution in [0.15, 0.2) is 24.3 Å². The number of hydrogen-bond acceptors (Lipinski definition) is 6. The highest BCUT2D eigenvalue weighted by Crippen LogP contribution is 2.37. The number of amides is 1. The average molecular weight is 399 g/mol. The number of anilines is 2. The summed E-state index contributed by atoms with van der Waals surface area (Å²) in [5.74, 6) is 1.94. The van der Waals surface area contributed by atoms with Gasteiger partial charge in [-0.05, 0) is 52.2 Å². The van der Waals surface area contributed by atoms with Gasteiger partial charge in [0.2, 0.25) is 0 Å². The van der Waals surface area contributed by atoms with Gasteiger partial charge in [0.1, 0.15) is 17.7 Å². The fraction of sp³-hybridized carbons (Fsp3) is 0.571. The van der Waals surface area contributed by atoms with Crippen LogP contribution in [0.2, 0.25) is 0 Å². The van der Waals surface area contributed by atoms with E-state index in [4.69, 9.17) is 14.6 Å². The molecule has 29 heavy (non-hydrogen) atoms. The highest BCUT2D eigenvalue weighted by molar-refractivity contribution is 5.67. The summed E-state index contributed by atoms with van der Waals surface area (Å²) >= 11 is 0. The molecule has 0 unspecified atom stereocenters. The second kappa shape index (κ2) is 8.02. The minimum atomic E-state index is -0.383. The molecule has 2 N–H and O–H groups in total. The van der Waals surface area contributed by atoms with Gasteiger partial charge in [-0.3, -0.25) is 0 Å². The molecule has 0 spiro atoms. The first-order valence-corrected chi connectivity index (χ1v) is 10.2. The normalized spacial score (nSPS) is 22.9. The number of carbonyl (C=O) groups excluding carboxylic acids is 1. The first-order valence-electron chi connectivity index (χ1n) is 10.2. The summed E-state index contributed by atoms with van der Waals surface area (Å²) in [6, 6.07) is 7.92.